The van der Waals surface area contributed by atoms with Crippen molar-refractivity contribution in [2.45, 2.75) is 9.79 Å². The molecule has 0 radical (unpaired) electrons. The molecular formula is C22H12F2N2O2S. The number of fused-ring (bicyclic) bond motifs is 1. The van der Waals surface area contributed by atoms with Crippen LogP contribution in [0.2, 0.25) is 0 Å². The molecule has 0 aliphatic carbocycles. The van der Waals surface area contributed by atoms with Gasteiger partial charge in [-0.15, -0.1) is 0 Å². The van der Waals surface area contributed by atoms with E-state index in [0.29, 0.717) is 5.56 Å². The third kappa shape index (κ3) is 3.24. The number of nitriles is 1. The second-order valence-electron chi connectivity index (χ2n) is 6.28. The Morgan fingerprint density at radius 3 is 2.38 bits per heavy atom. The van der Waals surface area contributed by atoms with Crippen molar-refractivity contribution in [1.82, 2.24) is 4.98 Å². The fraction of sp³-hybridized carbons (Fsp3) is 0. The molecule has 0 aliphatic rings. The van der Waals surface area contributed by atoms with E-state index in [1.54, 1.807) is 6.07 Å². The second-order valence-corrected chi connectivity index (χ2v) is 8.20. The number of hydrogen-bond donors (Lipinski definition) is 0. The Bertz CT molecular complexity index is 1390. The molecule has 0 N–H and O–H groups in total. The molecule has 1 heterocycles. The number of hydrogen-bond acceptors (Lipinski definition) is 4. The molecule has 4 rings (SSSR count). The highest BCUT2D eigenvalue weighted by Crippen LogP contribution is 2.37. The summed E-state index contributed by atoms with van der Waals surface area (Å²) >= 11 is 0. The Hall–Kier alpha value is -3.63. The minimum atomic E-state index is -4.09. The van der Waals surface area contributed by atoms with Crippen LogP contribution in [0.4, 0.5) is 8.78 Å². The molecule has 0 saturated heterocycles. The predicted octanol–water partition coefficient (Wildman–Crippen LogP) is 4.88. The van der Waals surface area contributed by atoms with Crippen molar-refractivity contribution in [3.05, 3.63) is 90.1 Å². The minimum absolute atomic E-state index is 0.0107. The van der Waals surface area contributed by atoms with E-state index in [1.165, 1.54) is 60.7 Å². The summed E-state index contributed by atoms with van der Waals surface area (Å²) in [5.41, 5.74) is 0.821. The van der Waals surface area contributed by atoms with Crippen molar-refractivity contribution < 1.29 is 17.2 Å². The lowest BCUT2D eigenvalue weighted by Gasteiger charge is -2.14. The Balaban J connectivity index is 2.08. The van der Waals surface area contributed by atoms with Crippen molar-refractivity contribution in [2.75, 3.05) is 0 Å². The van der Waals surface area contributed by atoms with Gasteiger partial charge >= 0.3 is 0 Å². The first-order valence-electron chi connectivity index (χ1n) is 8.50. The highest BCUT2D eigenvalue weighted by molar-refractivity contribution is 7.91. The van der Waals surface area contributed by atoms with Gasteiger partial charge in [0, 0.05) is 17.1 Å². The number of sulfone groups is 1. The Labute approximate surface area is 165 Å². The normalized spacial score (nSPS) is 11.3. The Morgan fingerprint density at radius 1 is 0.931 bits per heavy atom. The molecule has 142 valence electrons. The van der Waals surface area contributed by atoms with Gasteiger partial charge in [0.1, 0.15) is 17.2 Å². The van der Waals surface area contributed by atoms with Crippen LogP contribution in [0.5, 0.6) is 0 Å². The average molecular weight is 406 g/mol. The van der Waals surface area contributed by atoms with Crippen molar-refractivity contribution in [3.63, 3.8) is 0 Å². The molecular weight excluding hydrogens is 394 g/mol. The van der Waals surface area contributed by atoms with Crippen LogP contribution < -0.4 is 0 Å². The van der Waals surface area contributed by atoms with Gasteiger partial charge in [-0.05, 0) is 42.0 Å². The van der Waals surface area contributed by atoms with Crippen molar-refractivity contribution >= 4 is 20.7 Å². The van der Waals surface area contributed by atoms with E-state index in [1.807, 2.05) is 6.07 Å². The van der Waals surface area contributed by atoms with Gasteiger partial charge in [-0.1, -0.05) is 30.3 Å². The van der Waals surface area contributed by atoms with Crippen molar-refractivity contribution in [2.24, 2.45) is 0 Å². The lowest BCUT2D eigenvalue weighted by atomic mass is 10.0. The summed E-state index contributed by atoms with van der Waals surface area (Å²) in [5, 5.41) is 9.38. The molecule has 0 atom stereocenters. The minimum Gasteiger partial charge on any atom is -0.252 e. The number of halogens is 2. The zero-order valence-corrected chi connectivity index (χ0v) is 15.6. The van der Waals surface area contributed by atoms with Gasteiger partial charge in [0.15, 0.2) is 0 Å². The highest BCUT2D eigenvalue weighted by Gasteiger charge is 2.25. The van der Waals surface area contributed by atoms with Gasteiger partial charge in [0.2, 0.25) is 9.84 Å². The monoisotopic (exact) mass is 406 g/mol. The van der Waals surface area contributed by atoms with Crippen LogP contribution >= 0.6 is 0 Å². The summed E-state index contributed by atoms with van der Waals surface area (Å²) in [5.74, 6) is -1.08. The van der Waals surface area contributed by atoms with Crippen LogP contribution in [-0.4, -0.2) is 13.4 Å². The zero-order valence-electron chi connectivity index (χ0n) is 14.8. The number of pyridine rings is 1. The molecule has 0 spiro atoms. The molecule has 4 nitrogen and oxygen atoms in total. The maximum Gasteiger partial charge on any atom is 0.208 e. The summed E-state index contributed by atoms with van der Waals surface area (Å²) < 4.78 is 54.5. The molecule has 0 bridgehead atoms. The third-order valence-electron chi connectivity index (χ3n) is 4.51. The molecule has 29 heavy (non-hydrogen) atoms. The average Bonchev–Trinajstić information content (AvgIpc) is 2.74. The van der Waals surface area contributed by atoms with E-state index in [0.717, 1.165) is 6.20 Å². The molecule has 3 aromatic carbocycles. The number of benzene rings is 3. The topological polar surface area (TPSA) is 70.8 Å². The highest BCUT2D eigenvalue weighted by atomic mass is 32.2. The van der Waals surface area contributed by atoms with Crippen molar-refractivity contribution in [1.29, 1.82) is 5.26 Å². The van der Waals surface area contributed by atoms with E-state index >= 15 is 0 Å². The van der Waals surface area contributed by atoms with E-state index in [9.17, 15) is 17.2 Å². The molecule has 0 aliphatic heterocycles. The fourth-order valence-electron chi connectivity index (χ4n) is 3.15. The molecule has 0 amide bonds. The molecule has 0 saturated carbocycles. The van der Waals surface area contributed by atoms with Gasteiger partial charge in [0.25, 0.3) is 0 Å². The molecule has 7 heteroatoms. The van der Waals surface area contributed by atoms with E-state index in [2.05, 4.69) is 4.98 Å². The maximum absolute atomic E-state index is 14.3. The summed E-state index contributed by atoms with van der Waals surface area (Å²) in [6.45, 7) is 0. The van der Waals surface area contributed by atoms with E-state index < -0.39 is 21.5 Å². The van der Waals surface area contributed by atoms with E-state index in [4.69, 9.17) is 5.26 Å². The third-order valence-corrected chi connectivity index (χ3v) is 6.27. The first-order valence-corrected chi connectivity index (χ1v) is 9.98. The van der Waals surface area contributed by atoms with Crippen LogP contribution in [0.1, 0.15) is 5.56 Å². The van der Waals surface area contributed by atoms with Crippen LogP contribution in [0, 0.1) is 23.0 Å². The molecule has 1 aromatic heterocycles. The quantitative estimate of drug-likeness (QED) is 0.486. The van der Waals surface area contributed by atoms with Gasteiger partial charge in [0.05, 0.1) is 21.4 Å². The Morgan fingerprint density at radius 2 is 1.66 bits per heavy atom. The standard InChI is InChI=1S/C22H12F2N2O2S/c23-16-9-7-15(8-10-16)21-18-5-2-6-19(24)22(18)26-13-20(21)29(27,28)17-4-1-3-14(11-17)12-25/h1-11,13H. The van der Waals surface area contributed by atoms with Crippen LogP contribution in [-0.2, 0) is 9.84 Å². The second kappa shape index (κ2) is 7.08. The smallest absolute Gasteiger partial charge is 0.208 e. The van der Waals surface area contributed by atoms with E-state index in [-0.39, 0.29) is 31.8 Å². The van der Waals surface area contributed by atoms with Gasteiger partial charge in [-0.3, -0.25) is 4.98 Å². The van der Waals surface area contributed by atoms with Crippen LogP contribution in [0.25, 0.3) is 22.0 Å². The molecule has 4 aromatic rings. The largest absolute Gasteiger partial charge is 0.252 e. The first kappa shape index (κ1) is 18.7. The van der Waals surface area contributed by atoms with Gasteiger partial charge < -0.3 is 0 Å². The number of rotatable bonds is 3. The Kier molecular flexibility index (Phi) is 4.57. The van der Waals surface area contributed by atoms with Crippen LogP contribution in [0.3, 0.4) is 0 Å². The zero-order chi connectivity index (χ0) is 20.6. The molecule has 0 fully saturated rings. The summed E-state index contributed by atoms with van der Waals surface area (Å²) in [6, 6.07) is 17.0. The summed E-state index contributed by atoms with van der Waals surface area (Å²) in [4.78, 5) is 3.78. The van der Waals surface area contributed by atoms with Crippen molar-refractivity contribution in [3.8, 4) is 17.2 Å². The lowest BCUT2D eigenvalue weighted by molar-refractivity contribution is 0.596. The summed E-state index contributed by atoms with van der Waals surface area (Å²) in [6.07, 6.45) is 1.10. The number of para-hydroxylation sites is 1. The maximum atomic E-state index is 14.3. The summed E-state index contributed by atoms with van der Waals surface area (Å²) in [7, 11) is -4.09. The van der Waals surface area contributed by atoms with Crippen LogP contribution in [0.15, 0.2) is 82.7 Å². The number of nitrogens with zero attached hydrogens (tertiary/aromatic N) is 2. The lowest BCUT2D eigenvalue weighted by Crippen LogP contribution is -2.06. The first-order chi connectivity index (χ1) is 13.9. The molecule has 0 unspecified atom stereocenters. The number of aromatic nitrogens is 1. The van der Waals surface area contributed by atoms with Gasteiger partial charge in [-0.2, -0.15) is 5.26 Å². The predicted molar refractivity (Wildman–Crippen MR) is 104 cm³/mol. The SMILES string of the molecule is N#Cc1cccc(S(=O)(=O)c2cnc3c(F)cccc3c2-c2ccc(F)cc2)c1. The fourth-order valence-corrected chi connectivity index (χ4v) is 4.63. The van der Waals surface area contributed by atoms with Gasteiger partial charge in [-0.25, -0.2) is 17.2 Å².